The second kappa shape index (κ2) is 5.52. The summed E-state index contributed by atoms with van der Waals surface area (Å²) in [4.78, 5) is 17.0. The van der Waals surface area contributed by atoms with Gasteiger partial charge in [0.25, 0.3) is 5.91 Å². The van der Waals surface area contributed by atoms with Crippen molar-refractivity contribution >= 4 is 38.0 Å². The fraction of sp³-hybridized carbons (Fsp3) is 0.278. The predicted octanol–water partition coefficient (Wildman–Crippen LogP) is 4.72. The van der Waals surface area contributed by atoms with Gasteiger partial charge >= 0.3 is 0 Å². The van der Waals surface area contributed by atoms with E-state index in [2.05, 4.69) is 43.3 Å². The summed E-state index contributed by atoms with van der Waals surface area (Å²) < 4.78 is 1.28. The highest BCUT2D eigenvalue weighted by atomic mass is 32.2. The van der Waals surface area contributed by atoms with Gasteiger partial charge in [0.15, 0.2) is 0 Å². The van der Waals surface area contributed by atoms with Gasteiger partial charge in [-0.3, -0.25) is 4.79 Å². The van der Waals surface area contributed by atoms with Crippen LogP contribution in [0.4, 0.5) is 0 Å². The van der Waals surface area contributed by atoms with Crippen LogP contribution in [-0.4, -0.2) is 17.4 Å². The second-order valence-electron chi connectivity index (χ2n) is 5.67. The van der Waals surface area contributed by atoms with Crippen LogP contribution in [0.1, 0.15) is 32.6 Å². The molecule has 1 amide bonds. The SMILES string of the molecule is CCc1cc2cc(C(=O)N3CCc4ccccc4C3)sc2s1. The molecule has 0 aliphatic carbocycles. The van der Waals surface area contributed by atoms with Crippen LogP contribution in [0.15, 0.2) is 36.4 Å². The largest absolute Gasteiger partial charge is 0.333 e. The molecule has 3 aromatic rings. The van der Waals surface area contributed by atoms with Crippen LogP contribution in [0.25, 0.3) is 9.40 Å². The molecule has 0 unspecified atom stereocenters. The van der Waals surface area contributed by atoms with E-state index in [1.165, 1.54) is 25.4 Å². The van der Waals surface area contributed by atoms with E-state index in [-0.39, 0.29) is 5.91 Å². The van der Waals surface area contributed by atoms with Crippen LogP contribution in [0.5, 0.6) is 0 Å². The maximum Gasteiger partial charge on any atom is 0.264 e. The van der Waals surface area contributed by atoms with E-state index in [1.54, 1.807) is 11.3 Å². The molecule has 0 radical (unpaired) electrons. The summed E-state index contributed by atoms with van der Waals surface area (Å²) in [7, 11) is 0. The Morgan fingerprint density at radius 1 is 1.18 bits per heavy atom. The molecule has 0 atom stereocenters. The van der Waals surface area contributed by atoms with Crippen LogP contribution < -0.4 is 0 Å². The topological polar surface area (TPSA) is 20.3 Å². The van der Waals surface area contributed by atoms with Crippen LogP contribution in [0, 0.1) is 0 Å². The first-order valence-electron chi connectivity index (χ1n) is 7.63. The van der Waals surface area contributed by atoms with E-state index in [4.69, 9.17) is 0 Å². The molecule has 0 saturated carbocycles. The van der Waals surface area contributed by atoms with Crippen molar-refractivity contribution in [3.8, 4) is 0 Å². The minimum Gasteiger partial charge on any atom is -0.333 e. The summed E-state index contributed by atoms with van der Waals surface area (Å²) >= 11 is 3.46. The number of aryl methyl sites for hydroxylation is 1. The third-order valence-electron chi connectivity index (χ3n) is 4.24. The normalized spacial score (nSPS) is 14.3. The number of carbonyl (C=O) groups excluding carboxylic acids is 1. The van der Waals surface area contributed by atoms with Gasteiger partial charge in [0, 0.05) is 23.4 Å². The average molecular weight is 327 g/mol. The van der Waals surface area contributed by atoms with Crippen molar-refractivity contribution < 1.29 is 4.79 Å². The van der Waals surface area contributed by atoms with Crippen molar-refractivity contribution in [1.82, 2.24) is 4.90 Å². The predicted molar refractivity (Wildman–Crippen MR) is 94.0 cm³/mol. The zero-order valence-corrected chi connectivity index (χ0v) is 14.1. The summed E-state index contributed by atoms with van der Waals surface area (Å²) in [6.07, 6.45) is 2.03. The van der Waals surface area contributed by atoms with Crippen molar-refractivity contribution in [3.63, 3.8) is 0 Å². The highest BCUT2D eigenvalue weighted by Crippen LogP contribution is 2.34. The number of hydrogen-bond donors (Lipinski definition) is 0. The molecule has 0 fully saturated rings. The number of amides is 1. The van der Waals surface area contributed by atoms with E-state index >= 15 is 0 Å². The fourth-order valence-electron chi connectivity index (χ4n) is 3.00. The summed E-state index contributed by atoms with van der Waals surface area (Å²) in [6, 6.07) is 12.7. The first kappa shape index (κ1) is 14.0. The van der Waals surface area contributed by atoms with E-state index in [1.807, 2.05) is 16.2 Å². The highest BCUT2D eigenvalue weighted by Gasteiger charge is 2.23. The molecule has 4 heteroatoms. The van der Waals surface area contributed by atoms with E-state index in [0.717, 1.165) is 30.8 Å². The van der Waals surface area contributed by atoms with Gasteiger partial charge in [-0.05, 0) is 36.1 Å². The van der Waals surface area contributed by atoms with E-state index in [9.17, 15) is 4.79 Å². The average Bonchev–Trinajstić information content (AvgIpc) is 3.12. The Morgan fingerprint density at radius 3 is 2.77 bits per heavy atom. The quantitative estimate of drug-likeness (QED) is 0.667. The van der Waals surface area contributed by atoms with Gasteiger partial charge in [0.2, 0.25) is 0 Å². The zero-order valence-electron chi connectivity index (χ0n) is 12.5. The Kier molecular flexibility index (Phi) is 3.51. The third kappa shape index (κ3) is 2.36. The van der Waals surface area contributed by atoms with Crippen molar-refractivity contribution in [2.75, 3.05) is 6.54 Å². The molecular weight excluding hydrogens is 310 g/mol. The van der Waals surface area contributed by atoms with Gasteiger partial charge in [-0.25, -0.2) is 0 Å². The molecule has 2 aromatic heterocycles. The standard InChI is InChI=1S/C18H17NOS2/c1-2-15-9-14-10-16(22-18(14)21-15)17(20)19-8-7-12-5-3-4-6-13(12)11-19/h3-6,9-10H,2,7-8,11H2,1H3. The molecule has 0 spiro atoms. The number of carbonyl (C=O) groups is 1. The third-order valence-corrected chi connectivity index (χ3v) is 6.77. The van der Waals surface area contributed by atoms with Gasteiger partial charge in [-0.15, -0.1) is 22.7 Å². The van der Waals surface area contributed by atoms with Gasteiger partial charge in [0.1, 0.15) is 0 Å². The Bertz CT molecular complexity index is 814. The molecule has 112 valence electrons. The lowest BCUT2D eigenvalue weighted by molar-refractivity contribution is 0.0739. The van der Waals surface area contributed by atoms with Gasteiger partial charge in [-0.2, -0.15) is 0 Å². The minimum atomic E-state index is 0.181. The van der Waals surface area contributed by atoms with Gasteiger partial charge in [-0.1, -0.05) is 31.2 Å². The Morgan fingerprint density at radius 2 is 2.00 bits per heavy atom. The molecule has 2 nitrogen and oxygen atoms in total. The number of fused-ring (bicyclic) bond motifs is 2. The van der Waals surface area contributed by atoms with Crippen LogP contribution in [-0.2, 0) is 19.4 Å². The first-order chi connectivity index (χ1) is 10.7. The monoisotopic (exact) mass is 327 g/mol. The number of thiophene rings is 2. The van der Waals surface area contributed by atoms with Crippen LogP contribution in [0.2, 0.25) is 0 Å². The Labute approximate surface area is 138 Å². The maximum absolute atomic E-state index is 12.8. The van der Waals surface area contributed by atoms with Crippen LogP contribution in [0.3, 0.4) is 0 Å². The molecule has 22 heavy (non-hydrogen) atoms. The summed E-state index contributed by atoms with van der Waals surface area (Å²) in [5, 5.41) is 1.23. The lowest BCUT2D eigenvalue weighted by atomic mass is 10.00. The van der Waals surface area contributed by atoms with Gasteiger partial charge in [0.05, 0.1) is 8.89 Å². The lowest BCUT2D eigenvalue weighted by Crippen LogP contribution is -2.35. The molecule has 1 aliphatic heterocycles. The number of hydrogen-bond acceptors (Lipinski definition) is 3. The van der Waals surface area contributed by atoms with Crippen LogP contribution >= 0.6 is 22.7 Å². The molecule has 4 rings (SSSR count). The first-order valence-corrected chi connectivity index (χ1v) is 9.26. The molecular formula is C18H17NOS2. The molecule has 1 aromatic carbocycles. The van der Waals surface area contributed by atoms with Crippen molar-refractivity contribution in [3.05, 3.63) is 57.3 Å². The maximum atomic E-state index is 12.8. The smallest absolute Gasteiger partial charge is 0.264 e. The van der Waals surface area contributed by atoms with Crippen molar-refractivity contribution in [1.29, 1.82) is 0 Å². The Hall–Kier alpha value is -1.65. The number of benzene rings is 1. The fourth-order valence-corrected chi connectivity index (χ4v) is 5.39. The Balaban J connectivity index is 1.59. The summed E-state index contributed by atoms with van der Waals surface area (Å²) in [5.41, 5.74) is 2.67. The van der Waals surface area contributed by atoms with E-state index < -0.39 is 0 Å². The molecule has 0 N–H and O–H groups in total. The summed E-state index contributed by atoms with van der Waals surface area (Å²) in [6.45, 7) is 3.73. The molecule has 3 heterocycles. The molecule has 1 aliphatic rings. The molecule has 0 bridgehead atoms. The minimum absolute atomic E-state index is 0.181. The van der Waals surface area contributed by atoms with Crippen molar-refractivity contribution in [2.24, 2.45) is 0 Å². The zero-order chi connectivity index (χ0) is 15.1. The van der Waals surface area contributed by atoms with Gasteiger partial charge < -0.3 is 4.90 Å². The highest BCUT2D eigenvalue weighted by molar-refractivity contribution is 7.39. The number of rotatable bonds is 2. The summed E-state index contributed by atoms with van der Waals surface area (Å²) in [5.74, 6) is 0.181. The number of nitrogens with zero attached hydrogens (tertiary/aromatic N) is 1. The lowest BCUT2D eigenvalue weighted by Gasteiger charge is -2.28. The van der Waals surface area contributed by atoms with E-state index in [0.29, 0.717) is 0 Å². The van der Waals surface area contributed by atoms with Crippen molar-refractivity contribution in [2.45, 2.75) is 26.3 Å². The second-order valence-corrected chi connectivity index (χ2v) is 8.11. The molecule has 0 saturated heterocycles.